The van der Waals surface area contributed by atoms with Crippen LogP contribution in [0.1, 0.15) is 9.67 Å². The van der Waals surface area contributed by atoms with Gasteiger partial charge in [0.25, 0.3) is 10.0 Å². The van der Waals surface area contributed by atoms with Crippen LogP contribution in [0.2, 0.25) is 0 Å². The molecule has 0 fully saturated rings. The highest BCUT2D eigenvalue weighted by Crippen LogP contribution is 2.24. The Morgan fingerprint density at radius 2 is 2.05 bits per heavy atom. The van der Waals surface area contributed by atoms with E-state index in [0.29, 0.717) is 5.82 Å². The Kier molecular flexibility index (Phi) is 4.14. The van der Waals surface area contributed by atoms with Gasteiger partial charge in [-0.25, -0.2) is 18.2 Å². The zero-order valence-electron chi connectivity index (χ0n) is 11.3. The highest BCUT2D eigenvalue weighted by molar-refractivity contribution is 7.93. The van der Waals surface area contributed by atoms with Crippen LogP contribution in [0.3, 0.4) is 0 Å². The van der Waals surface area contributed by atoms with E-state index in [1.165, 1.54) is 17.6 Å². The standard InChI is InChI=1S/C12H13N3O4S2/c1-15(2)10-4-3-8(7-13-10)14-21(18,19)9-5-6-20-11(9)12(16)17/h3-7,14H,1-2H3,(H,16,17). The van der Waals surface area contributed by atoms with Crippen LogP contribution in [0.15, 0.2) is 34.7 Å². The van der Waals surface area contributed by atoms with Crippen molar-refractivity contribution in [2.75, 3.05) is 23.7 Å². The smallest absolute Gasteiger partial charge is 0.347 e. The van der Waals surface area contributed by atoms with Gasteiger partial charge in [0.1, 0.15) is 15.6 Å². The first-order valence-electron chi connectivity index (χ1n) is 5.78. The Bertz CT molecular complexity index is 751. The van der Waals surface area contributed by atoms with E-state index in [1.807, 2.05) is 14.1 Å². The Morgan fingerprint density at radius 3 is 2.57 bits per heavy atom. The first kappa shape index (κ1) is 15.3. The molecule has 2 heterocycles. The van der Waals surface area contributed by atoms with Gasteiger partial charge in [0.2, 0.25) is 0 Å². The molecule has 0 aliphatic carbocycles. The number of nitrogens with one attached hydrogen (secondary N) is 1. The van der Waals surface area contributed by atoms with Crippen LogP contribution in [0, 0.1) is 0 Å². The number of anilines is 2. The number of carboxylic acids is 1. The highest BCUT2D eigenvalue weighted by atomic mass is 32.2. The second kappa shape index (κ2) is 5.70. The van der Waals surface area contributed by atoms with E-state index in [4.69, 9.17) is 5.11 Å². The minimum Gasteiger partial charge on any atom is -0.477 e. The Balaban J connectivity index is 2.29. The second-order valence-corrected chi connectivity index (χ2v) is 6.89. The van der Waals surface area contributed by atoms with Gasteiger partial charge in [-0.3, -0.25) is 4.72 Å². The summed E-state index contributed by atoms with van der Waals surface area (Å²) in [6.45, 7) is 0. The third-order valence-corrected chi connectivity index (χ3v) is 5.03. The fraction of sp³-hybridized carbons (Fsp3) is 0.167. The summed E-state index contributed by atoms with van der Waals surface area (Å²) in [5, 5.41) is 10.4. The molecule has 0 aliphatic rings. The van der Waals surface area contributed by atoms with Crippen molar-refractivity contribution in [3.8, 4) is 0 Å². The van der Waals surface area contributed by atoms with Crippen molar-refractivity contribution in [3.05, 3.63) is 34.7 Å². The lowest BCUT2D eigenvalue weighted by molar-refractivity contribution is 0.0698. The second-order valence-electron chi connectivity index (χ2n) is 4.32. The van der Waals surface area contributed by atoms with Crippen molar-refractivity contribution in [1.82, 2.24) is 4.98 Å². The molecule has 0 radical (unpaired) electrons. The number of nitrogens with zero attached hydrogens (tertiary/aromatic N) is 2. The molecule has 0 saturated carbocycles. The minimum absolute atomic E-state index is 0.222. The van der Waals surface area contributed by atoms with E-state index < -0.39 is 16.0 Å². The van der Waals surface area contributed by atoms with Crippen LogP contribution in [0.5, 0.6) is 0 Å². The minimum atomic E-state index is -3.95. The Hall–Kier alpha value is -2.13. The lowest BCUT2D eigenvalue weighted by atomic mass is 10.4. The monoisotopic (exact) mass is 327 g/mol. The van der Waals surface area contributed by atoms with Crippen molar-refractivity contribution in [2.24, 2.45) is 0 Å². The first-order chi connectivity index (χ1) is 9.81. The third-order valence-electron chi connectivity index (χ3n) is 2.57. The van der Waals surface area contributed by atoms with E-state index in [0.717, 1.165) is 11.3 Å². The molecule has 0 aliphatic heterocycles. The van der Waals surface area contributed by atoms with Gasteiger partial charge in [-0.15, -0.1) is 11.3 Å². The van der Waals surface area contributed by atoms with E-state index in [2.05, 4.69) is 9.71 Å². The molecule has 9 heteroatoms. The summed E-state index contributed by atoms with van der Waals surface area (Å²) < 4.78 is 26.7. The summed E-state index contributed by atoms with van der Waals surface area (Å²) >= 11 is 0.860. The molecule has 0 atom stereocenters. The average Bonchev–Trinajstić information content (AvgIpc) is 2.89. The van der Waals surface area contributed by atoms with Crippen LogP contribution < -0.4 is 9.62 Å². The fourth-order valence-corrected chi connectivity index (χ4v) is 3.89. The number of aromatic carboxylic acids is 1. The van der Waals surface area contributed by atoms with Crippen molar-refractivity contribution in [3.63, 3.8) is 0 Å². The normalized spacial score (nSPS) is 11.1. The van der Waals surface area contributed by atoms with E-state index >= 15 is 0 Å². The van der Waals surface area contributed by atoms with Gasteiger partial charge in [0.05, 0.1) is 11.9 Å². The van der Waals surface area contributed by atoms with Gasteiger partial charge in [-0.2, -0.15) is 0 Å². The van der Waals surface area contributed by atoms with Crippen molar-refractivity contribution < 1.29 is 18.3 Å². The molecule has 0 spiro atoms. The summed E-state index contributed by atoms with van der Waals surface area (Å²) in [4.78, 5) is 16.4. The summed E-state index contributed by atoms with van der Waals surface area (Å²) in [6.07, 6.45) is 1.37. The molecule has 0 amide bonds. The predicted octanol–water partition coefficient (Wildman–Crippen LogP) is 1.71. The van der Waals surface area contributed by atoms with E-state index in [1.54, 1.807) is 17.0 Å². The summed E-state index contributed by atoms with van der Waals surface area (Å²) in [6, 6.07) is 4.48. The molecule has 0 saturated heterocycles. The zero-order chi connectivity index (χ0) is 15.6. The summed E-state index contributed by atoms with van der Waals surface area (Å²) in [5.41, 5.74) is 0.267. The first-order valence-corrected chi connectivity index (χ1v) is 8.14. The van der Waals surface area contributed by atoms with Crippen molar-refractivity contribution in [1.29, 1.82) is 0 Å². The molecular formula is C12H13N3O4S2. The SMILES string of the molecule is CN(C)c1ccc(NS(=O)(=O)c2ccsc2C(=O)O)cn1. The molecule has 2 aromatic rings. The zero-order valence-corrected chi connectivity index (χ0v) is 12.9. The highest BCUT2D eigenvalue weighted by Gasteiger charge is 2.23. The number of carbonyl (C=O) groups is 1. The van der Waals surface area contributed by atoms with Gasteiger partial charge < -0.3 is 10.0 Å². The molecule has 2 rings (SSSR count). The van der Waals surface area contributed by atoms with Crippen LogP contribution in [0.25, 0.3) is 0 Å². The number of pyridine rings is 1. The van der Waals surface area contributed by atoms with Crippen LogP contribution in [0.4, 0.5) is 11.5 Å². The van der Waals surface area contributed by atoms with Gasteiger partial charge in [-0.05, 0) is 23.6 Å². The molecule has 0 unspecified atom stereocenters. The van der Waals surface area contributed by atoms with E-state index in [9.17, 15) is 13.2 Å². The maximum atomic E-state index is 12.2. The van der Waals surface area contributed by atoms with Crippen LogP contribution >= 0.6 is 11.3 Å². The van der Waals surface area contributed by atoms with Gasteiger partial charge in [0, 0.05) is 14.1 Å². The number of sulfonamides is 1. The molecule has 0 bridgehead atoms. The van der Waals surface area contributed by atoms with Crippen molar-refractivity contribution in [2.45, 2.75) is 4.90 Å². The molecular weight excluding hydrogens is 314 g/mol. The molecule has 2 N–H and O–H groups in total. The van der Waals surface area contributed by atoms with Gasteiger partial charge in [0.15, 0.2) is 0 Å². The number of hydrogen-bond acceptors (Lipinski definition) is 6. The number of aromatic nitrogens is 1. The number of hydrogen-bond donors (Lipinski definition) is 2. The lowest BCUT2D eigenvalue weighted by Gasteiger charge is -2.12. The topological polar surface area (TPSA) is 99.6 Å². The number of rotatable bonds is 5. The summed E-state index contributed by atoms with van der Waals surface area (Å²) in [5.74, 6) is -0.592. The van der Waals surface area contributed by atoms with Gasteiger partial charge >= 0.3 is 5.97 Å². The van der Waals surface area contributed by atoms with E-state index in [-0.39, 0.29) is 15.5 Å². The molecule has 112 valence electrons. The quantitative estimate of drug-likeness (QED) is 0.867. The predicted molar refractivity (Wildman–Crippen MR) is 80.7 cm³/mol. The molecule has 0 aromatic carbocycles. The lowest BCUT2D eigenvalue weighted by Crippen LogP contribution is -2.16. The Labute approximate surface area is 125 Å². The largest absolute Gasteiger partial charge is 0.477 e. The molecule has 2 aromatic heterocycles. The van der Waals surface area contributed by atoms with Crippen LogP contribution in [-0.2, 0) is 10.0 Å². The maximum absolute atomic E-state index is 12.2. The van der Waals surface area contributed by atoms with Crippen molar-refractivity contribution >= 4 is 38.8 Å². The summed E-state index contributed by atoms with van der Waals surface area (Å²) in [7, 11) is -0.321. The molecule has 7 nitrogen and oxygen atoms in total. The third kappa shape index (κ3) is 3.31. The molecule has 21 heavy (non-hydrogen) atoms. The Morgan fingerprint density at radius 1 is 1.33 bits per heavy atom. The number of thiophene rings is 1. The maximum Gasteiger partial charge on any atom is 0.347 e. The fourth-order valence-electron chi connectivity index (χ4n) is 1.59. The van der Waals surface area contributed by atoms with Gasteiger partial charge in [-0.1, -0.05) is 0 Å². The number of carboxylic acid groups (broad SMARTS) is 1. The van der Waals surface area contributed by atoms with Crippen LogP contribution in [-0.4, -0.2) is 38.6 Å². The average molecular weight is 327 g/mol.